The average Bonchev–Trinajstić information content (AvgIpc) is 2.78. The van der Waals surface area contributed by atoms with Gasteiger partial charge in [0.2, 0.25) is 0 Å². The van der Waals surface area contributed by atoms with Gasteiger partial charge in [-0.2, -0.15) is 0 Å². The van der Waals surface area contributed by atoms with Gasteiger partial charge < -0.3 is 4.74 Å². The molecule has 1 aromatic carbocycles. The molecule has 0 amide bonds. The summed E-state index contributed by atoms with van der Waals surface area (Å²) in [4.78, 5) is 36.9. The molecule has 0 spiro atoms. The Morgan fingerprint density at radius 3 is 2.68 bits per heavy atom. The number of hydrogen-bond donors (Lipinski definition) is 0. The zero-order chi connectivity index (χ0) is 16.3. The second-order valence-electron chi connectivity index (χ2n) is 5.50. The number of benzene rings is 1. The Balaban J connectivity index is 2.37. The third-order valence-corrected chi connectivity index (χ3v) is 4.62. The fourth-order valence-electron chi connectivity index (χ4n) is 2.86. The number of Topliss-reactive ketones (excluding diaryl/α,β-unsaturated/α-hetero) is 2. The highest BCUT2D eigenvalue weighted by atomic mass is 79.9. The lowest BCUT2D eigenvalue weighted by Crippen LogP contribution is -2.39. The van der Waals surface area contributed by atoms with Crippen molar-refractivity contribution in [3.05, 3.63) is 33.8 Å². The molecule has 1 unspecified atom stereocenters. The predicted octanol–water partition coefficient (Wildman–Crippen LogP) is 3.50. The summed E-state index contributed by atoms with van der Waals surface area (Å²) in [6.45, 7) is 3.71. The van der Waals surface area contributed by atoms with Crippen LogP contribution in [0.3, 0.4) is 0 Å². The summed E-state index contributed by atoms with van der Waals surface area (Å²) in [7, 11) is 0. The number of ketones is 2. The van der Waals surface area contributed by atoms with E-state index in [1.807, 2.05) is 6.07 Å². The van der Waals surface area contributed by atoms with E-state index < -0.39 is 11.4 Å². The van der Waals surface area contributed by atoms with E-state index in [-0.39, 0.29) is 31.0 Å². The van der Waals surface area contributed by atoms with E-state index in [1.165, 1.54) is 0 Å². The van der Waals surface area contributed by atoms with Gasteiger partial charge in [-0.1, -0.05) is 22.9 Å². The summed E-state index contributed by atoms with van der Waals surface area (Å²) in [6, 6.07) is 5.37. The van der Waals surface area contributed by atoms with Crippen LogP contribution in [0.25, 0.3) is 0 Å². The molecule has 0 fully saturated rings. The second-order valence-corrected chi connectivity index (χ2v) is 6.42. The van der Waals surface area contributed by atoms with E-state index >= 15 is 0 Å². The van der Waals surface area contributed by atoms with Crippen LogP contribution in [0, 0.1) is 5.41 Å². The zero-order valence-corrected chi connectivity index (χ0v) is 14.4. The van der Waals surface area contributed by atoms with Crippen LogP contribution in [0.1, 0.15) is 49.0 Å². The quantitative estimate of drug-likeness (QED) is 0.570. The molecule has 4 nitrogen and oxygen atoms in total. The number of hydrogen-bond acceptors (Lipinski definition) is 4. The van der Waals surface area contributed by atoms with Gasteiger partial charge in [-0.3, -0.25) is 14.4 Å². The van der Waals surface area contributed by atoms with Gasteiger partial charge in [0.1, 0.15) is 11.2 Å². The van der Waals surface area contributed by atoms with Gasteiger partial charge in [0.05, 0.1) is 6.61 Å². The summed E-state index contributed by atoms with van der Waals surface area (Å²) in [5.74, 6) is -0.692. The summed E-state index contributed by atoms with van der Waals surface area (Å²) < 4.78 is 6.01. The maximum absolute atomic E-state index is 12.8. The van der Waals surface area contributed by atoms with Gasteiger partial charge in [-0.05, 0) is 43.5 Å². The molecule has 0 N–H and O–H groups in total. The van der Waals surface area contributed by atoms with Crippen molar-refractivity contribution in [3.63, 3.8) is 0 Å². The maximum Gasteiger partial charge on any atom is 0.320 e. The lowest BCUT2D eigenvalue weighted by Gasteiger charge is -2.24. The molecule has 0 aliphatic heterocycles. The molecular formula is C17H19BrO4. The van der Waals surface area contributed by atoms with Crippen LogP contribution in [0.15, 0.2) is 22.7 Å². The van der Waals surface area contributed by atoms with Crippen molar-refractivity contribution in [1.29, 1.82) is 0 Å². The Morgan fingerprint density at radius 1 is 1.32 bits per heavy atom. The van der Waals surface area contributed by atoms with E-state index in [2.05, 4.69) is 15.9 Å². The van der Waals surface area contributed by atoms with Crippen LogP contribution in [-0.2, 0) is 20.7 Å². The van der Waals surface area contributed by atoms with Gasteiger partial charge in [-0.25, -0.2) is 0 Å². The largest absolute Gasteiger partial charge is 0.465 e. The minimum atomic E-state index is -1.25. The lowest BCUT2D eigenvalue weighted by atomic mass is 9.78. The van der Waals surface area contributed by atoms with E-state index in [1.54, 1.807) is 26.0 Å². The van der Waals surface area contributed by atoms with Gasteiger partial charge in [0.25, 0.3) is 0 Å². The monoisotopic (exact) mass is 366 g/mol. The van der Waals surface area contributed by atoms with Crippen molar-refractivity contribution in [2.24, 2.45) is 5.41 Å². The van der Waals surface area contributed by atoms with Crippen LogP contribution in [-0.4, -0.2) is 24.1 Å². The topological polar surface area (TPSA) is 60.4 Å². The molecule has 0 saturated carbocycles. The van der Waals surface area contributed by atoms with Crippen molar-refractivity contribution < 1.29 is 19.1 Å². The highest BCUT2D eigenvalue weighted by molar-refractivity contribution is 9.10. The molecule has 0 bridgehead atoms. The molecule has 5 heteroatoms. The first-order chi connectivity index (χ1) is 10.4. The number of carbonyl (C=O) groups is 3. The summed E-state index contributed by atoms with van der Waals surface area (Å²) >= 11 is 3.38. The minimum absolute atomic E-state index is 0.0496. The Bertz CT molecular complexity index is 623. The van der Waals surface area contributed by atoms with Gasteiger partial charge in [0.15, 0.2) is 5.78 Å². The maximum atomic E-state index is 12.8. The Morgan fingerprint density at radius 2 is 2.05 bits per heavy atom. The molecule has 1 aromatic rings. The van der Waals surface area contributed by atoms with Crippen molar-refractivity contribution in [2.75, 3.05) is 6.61 Å². The molecule has 0 saturated heterocycles. The molecule has 118 valence electrons. The first kappa shape index (κ1) is 16.9. The third kappa shape index (κ3) is 3.00. The molecule has 22 heavy (non-hydrogen) atoms. The van der Waals surface area contributed by atoms with E-state index in [0.717, 1.165) is 10.0 Å². The summed E-state index contributed by atoms with van der Waals surface area (Å²) in [6.07, 6.45) is 1.14. The Hall–Kier alpha value is -1.49. The number of carbonyl (C=O) groups excluding carboxylic acids is 3. The first-order valence-corrected chi connectivity index (χ1v) is 8.26. The number of rotatable bonds is 6. The number of halogens is 1. The van der Waals surface area contributed by atoms with Crippen molar-refractivity contribution in [1.82, 2.24) is 0 Å². The minimum Gasteiger partial charge on any atom is -0.465 e. The summed E-state index contributed by atoms with van der Waals surface area (Å²) in [5.41, 5.74) is 0.140. The number of ether oxygens (including phenoxy) is 1. The molecule has 2 rings (SSSR count). The normalized spacial score (nSPS) is 19.9. The molecule has 0 aromatic heterocycles. The summed E-state index contributed by atoms with van der Waals surface area (Å²) in [5, 5.41) is 0. The van der Waals surface area contributed by atoms with E-state index in [4.69, 9.17) is 4.74 Å². The average molecular weight is 367 g/mol. The van der Waals surface area contributed by atoms with Crippen LogP contribution < -0.4 is 0 Å². The third-order valence-electron chi connectivity index (χ3n) is 4.13. The van der Waals surface area contributed by atoms with Gasteiger partial charge in [-0.15, -0.1) is 0 Å². The van der Waals surface area contributed by atoms with Crippen LogP contribution in [0.4, 0.5) is 0 Å². The highest BCUT2D eigenvalue weighted by Gasteiger charge is 2.52. The molecular weight excluding hydrogens is 348 g/mol. The van der Waals surface area contributed by atoms with Gasteiger partial charge >= 0.3 is 5.97 Å². The lowest BCUT2D eigenvalue weighted by molar-refractivity contribution is -0.152. The molecule has 1 atom stereocenters. The van der Waals surface area contributed by atoms with Crippen LogP contribution in [0.5, 0.6) is 0 Å². The number of esters is 1. The Labute approximate surface area is 138 Å². The van der Waals surface area contributed by atoms with Crippen molar-refractivity contribution in [2.45, 2.75) is 39.5 Å². The zero-order valence-electron chi connectivity index (χ0n) is 12.8. The van der Waals surface area contributed by atoms with Crippen molar-refractivity contribution >= 4 is 33.5 Å². The number of fused-ring (bicyclic) bond motifs is 1. The smallest absolute Gasteiger partial charge is 0.320 e. The van der Waals surface area contributed by atoms with E-state index in [0.29, 0.717) is 18.4 Å². The molecule has 0 heterocycles. The van der Waals surface area contributed by atoms with E-state index in [9.17, 15) is 14.4 Å². The fourth-order valence-corrected chi connectivity index (χ4v) is 3.27. The first-order valence-electron chi connectivity index (χ1n) is 7.46. The van der Waals surface area contributed by atoms with Gasteiger partial charge in [0, 0.05) is 22.9 Å². The predicted molar refractivity (Wildman–Crippen MR) is 85.8 cm³/mol. The fraction of sp³-hybridized carbons (Fsp3) is 0.471. The van der Waals surface area contributed by atoms with Crippen LogP contribution >= 0.6 is 15.9 Å². The molecule has 1 aliphatic carbocycles. The Kier molecular flexibility index (Phi) is 5.16. The molecule has 0 radical (unpaired) electrons. The highest BCUT2D eigenvalue weighted by Crippen LogP contribution is 2.42. The SMILES string of the molecule is CCOC(=O)C1(CCC(=O)CC)Cc2cc(Br)ccc2C1=O. The van der Waals surface area contributed by atoms with Crippen molar-refractivity contribution in [3.8, 4) is 0 Å². The molecule has 1 aliphatic rings. The standard InChI is InChI=1S/C17H19BrO4/c1-3-13(19)7-8-17(16(21)22-4-2)10-11-9-12(18)5-6-14(11)15(17)20/h5-6,9H,3-4,7-8,10H2,1-2H3. The second kappa shape index (κ2) is 6.73. The van der Waals surface area contributed by atoms with Crippen LogP contribution in [0.2, 0.25) is 0 Å².